The van der Waals surface area contributed by atoms with Gasteiger partial charge in [0.15, 0.2) is 0 Å². The summed E-state index contributed by atoms with van der Waals surface area (Å²) in [5.41, 5.74) is 4.91. The monoisotopic (exact) mass is 274 g/mol. The molecule has 0 unspecified atom stereocenters. The number of halogens is 1. The number of aryl methyl sites for hydroxylation is 3. The van der Waals surface area contributed by atoms with Crippen molar-refractivity contribution >= 4 is 17.6 Å². The van der Waals surface area contributed by atoms with Gasteiger partial charge in [-0.2, -0.15) is 0 Å². The summed E-state index contributed by atoms with van der Waals surface area (Å²) in [5.74, 6) is -0.940. The van der Waals surface area contributed by atoms with Gasteiger partial charge in [-0.1, -0.05) is 29.3 Å². The summed E-state index contributed by atoms with van der Waals surface area (Å²) in [6.45, 7) is 5.91. The van der Waals surface area contributed by atoms with E-state index in [1.807, 2.05) is 39.0 Å². The average molecular weight is 275 g/mol. The summed E-state index contributed by atoms with van der Waals surface area (Å²) in [5, 5.41) is 9.87. The highest BCUT2D eigenvalue weighted by molar-refractivity contribution is 6.33. The van der Waals surface area contributed by atoms with Crippen LogP contribution in [0.3, 0.4) is 0 Å². The van der Waals surface area contributed by atoms with Gasteiger partial charge in [0.25, 0.3) is 0 Å². The van der Waals surface area contributed by atoms with Crippen molar-refractivity contribution in [2.45, 2.75) is 20.8 Å². The van der Waals surface area contributed by atoms with Gasteiger partial charge in [0.1, 0.15) is 0 Å². The van der Waals surface area contributed by atoms with Crippen molar-refractivity contribution in [1.82, 2.24) is 0 Å². The maximum atomic E-state index is 11.3. The number of hydrogen-bond donors (Lipinski definition) is 1. The molecular weight excluding hydrogens is 260 g/mol. The Morgan fingerprint density at radius 1 is 1.00 bits per heavy atom. The molecule has 2 nitrogen and oxygen atoms in total. The smallest absolute Gasteiger partial charge is 0.336 e. The van der Waals surface area contributed by atoms with Crippen molar-refractivity contribution in [1.29, 1.82) is 0 Å². The molecule has 0 saturated carbocycles. The molecular formula is C16H15ClO2. The molecule has 2 rings (SSSR count). The predicted molar refractivity (Wildman–Crippen MR) is 78.1 cm³/mol. The van der Waals surface area contributed by atoms with E-state index in [0.717, 1.165) is 22.3 Å². The fourth-order valence-corrected chi connectivity index (χ4v) is 2.37. The lowest BCUT2D eigenvalue weighted by molar-refractivity contribution is 0.0698. The lowest BCUT2D eigenvalue weighted by Gasteiger charge is -2.12. The Balaban J connectivity index is 2.74. The molecule has 98 valence electrons. The Bertz CT molecular complexity index is 660. The summed E-state index contributed by atoms with van der Waals surface area (Å²) in [7, 11) is 0. The van der Waals surface area contributed by atoms with Crippen molar-refractivity contribution in [3.63, 3.8) is 0 Å². The fourth-order valence-electron chi connectivity index (χ4n) is 2.05. The van der Waals surface area contributed by atoms with Gasteiger partial charge in [0.2, 0.25) is 0 Å². The van der Waals surface area contributed by atoms with Crippen LogP contribution in [0.1, 0.15) is 27.0 Å². The van der Waals surface area contributed by atoms with E-state index in [9.17, 15) is 9.90 Å². The largest absolute Gasteiger partial charge is 0.478 e. The second-order valence-corrected chi connectivity index (χ2v) is 5.18. The van der Waals surface area contributed by atoms with Gasteiger partial charge in [-0.15, -0.1) is 0 Å². The summed E-state index contributed by atoms with van der Waals surface area (Å²) >= 11 is 6.27. The quantitative estimate of drug-likeness (QED) is 0.867. The van der Waals surface area contributed by atoms with Gasteiger partial charge in [0, 0.05) is 10.6 Å². The van der Waals surface area contributed by atoms with Crippen LogP contribution in [0.2, 0.25) is 5.02 Å². The molecule has 0 aliphatic carbocycles. The van der Waals surface area contributed by atoms with E-state index >= 15 is 0 Å². The molecule has 0 spiro atoms. The Labute approximate surface area is 117 Å². The molecule has 19 heavy (non-hydrogen) atoms. The SMILES string of the molecule is Cc1ccc(C(=O)O)c(-c2cc(C)c(C)cc2Cl)c1. The highest BCUT2D eigenvalue weighted by Gasteiger charge is 2.15. The highest BCUT2D eigenvalue weighted by atomic mass is 35.5. The third-order valence-electron chi connectivity index (χ3n) is 3.28. The first-order valence-electron chi connectivity index (χ1n) is 6.01. The molecule has 0 radical (unpaired) electrons. The zero-order valence-electron chi connectivity index (χ0n) is 11.1. The van der Waals surface area contributed by atoms with Crippen molar-refractivity contribution in [3.05, 3.63) is 57.6 Å². The number of hydrogen-bond acceptors (Lipinski definition) is 1. The fraction of sp³-hybridized carbons (Fsp3) is 0.188. The third kappa shape index (κ3) is 2.64. The second kappa shape index (κ2) is 5.06. The lowest BCUT2D eigenvalue weighted by Crippen LogP contribution is -2.00. The van der Waals surface area contributed by atoms with Gasteiger partial charge in [-0.05, 0) is 55.7 Å². The number of aromatic carboxylic acids is 1. The lowest BCUT2D eigenvalue weighted by atomic mass is 9.95. The normalized spacial score (nSPS) is 10.5. The number of benzene rings is 2. The molecule has 0 aromatic heterocycles. The average Bonchev–Trinajstić information content (AvgIpc) is 2.33. The standard InChI is InChI=1S/C16H15ClO2/c1-9-4-5-12(16(18)19)13(6-9)14-7-10(2)11(3)8-15(14)17/h4-8H,1-3H3,(H,18,19). The van der Waals surface area contributed by atoms with Crippen molar-refractivity contribution < 1.29 is 9.90 Å². The van der Waals surface area contributed by atoms with E-state index in [2.05, 4.69) is 0 Å². The predicted octanol–water partition coefficient (Wildman–Crippen LogP) is 4.63. The third-order valence-corrected chi connectivity index (χ3v) is 3.59. The van der Waals surface area contributed by atoms with Gasteiger partial charge in [-0.25, -0.2) is 4.79 Å². The van der Waals surface area contributed by atoms with Crippen LogP contribution < -0.4 is 0 Å². The van der Waals surface area contributed by atoms with Crippen LogP contribution in [-0.4, -0.2) is 11.1 Å². The minimum Gasteiger partial charge on any atom is -0.478 e. The number of carboxylic acid groups (broad SMARTS) is 1. The molecule has 0 heterocycles. The minimum atomic E-state index is -0.940. The summed E-state index contributed by atoms with van der Waals surface area (Å²) in [6, 6.07) is 9.10. The van der Waals surface area contributed by atoms with E-state index in [-0.39, 0.29) is 5.56 Å². The molecule has 0 bridgehead atoms. The zero-order valence-corrected chi connectivity index (χ0v) is 11.9. The van der Waals surface area contributed by atoms with Gasteiger partial charge in [0.05, 0.1) is 5.56 Å². The van der Waals surface area contributed by atoms with Gasteiger partial charge in [-0.3, -0.25) is 0 Å². The molecule has 0 aliphatic heterocycles. The summed E-state index contributed by atoms with van der Waals surface area (Å²) in [6.07, 6.45) is 0. The number of rotatable bonds is 2. The van der Waals surface area contributed by atoms with Crippen LogP contribution in [0, 0.1) is 20.8 Å². The molecule has 0 fully saturated rings. The van der Waals surface area contributed by atoms with Crippen molar-refractivity contribution in [2.75, 3.05) is 0 Å². The minimum absolute atomic E-state index is 0.274. The summed E-state index contributed by atoms with van der Waals surface area (Å²) in [4.78, 5) is 11.3. The first-order chi connectivity index (χ1) is 8.90. The zero-order chi connectivity index (χ0) is 14.2. The van der Waals surface area contributed by atoms with Crippen LogP contribution in [0.5, 0.6) is 0 Å². The molecule has 3 heteroatoms. The molecule has 0 saturated heterocycles. The van der Waals surface area contributed by atoms with Crippen LogP contribution in [0.25, 0.3) is 11.1 Å². The first kappa shape index (κ1) is 13.6. The summed E-state index contributed by atoms with van der Waals surface area (Å²) < 4.78 is 0. The Morgan fingerprint density at radius 3 is 2.26 bits per heavy atom. The van der Waals surface area contributed by atoms with E-state index in [1.54, 1.807) is 12.1 Å². The number of carbonyl (C=O) groups is 1. The molecule has 1 N–H and O–H groups in total. The van der Waals surface area contributed by atoms with Crippen LogP contribution >= 0.6 is 11.6 Å². The maximum absolute atomic E-state index is 11.3. The Hall–Kier alpha value is -1.80. The molecule has 0 aliphatic rings. The van der Waals surface area contributed by atoms with Crippen LogP contribution in [-0.2, 0) is 0 Å². The van der Waals surface area contributed by atoms with E-state index in [1.165, 1.54) is 0 Å². The van der Waals surface area contributed by atoms with E-state index in [4.69, 9.17) is 11.6 Å². The Morgan fingerprint density at radius 2 is 1.63 bits per heavy atom. The molecule has 0 atom stereocenters. The van der Waals surface area contributed by atoms with Gasteiger partial charge < -0.3 is 5.11 Å². The van der Waals surface area contributed by atoms with E-state index < -0.39 is 5.97 Å². The highest BCUT2D eigenvalue weighted by Crippen LogP contribution is 2.33. The van der Waals surface area contributed by atoms with Crippen molar-refractivity contribution in [2.24, 2.45) is 0 Å². The van der Waals surface area contributed by atoms with Crippen LogP contribution in [0.15, 0.2) is 30.3 Å². The maximum Gasteiger partial charge on any atom is 0.336 e. The first-order valence-corrected chi connectivity index (χ1v) is 6.39. The van der Waals surface area contributed by atoms with Crippen LogP contribution in [0.4, 0.5) is 0 Å². The second-order valence-electron chi connectivity index (χ2n) is 4.77. The molecule has 2 aromatic carbocycles. The Kier molecular flexibility index (Phi) is 3.63. The topological polar surface area (TPSA) is 37.3 Å². The van der Waals surface area contributed by atoms with E-state index in [0.29, 0.717) is 10.6 Å². The molecule has 2 aromatic rings. The molecule has 0 amide bonds. The van der Waals surface area contributed by atoms with Crippen molar-refractivity contribution in [3.8, 4) is 11.1 Å². The number of carboxylic acids is 1. The van der Waals surface area contributed by atoms with Gasteiger partial charge >= 0.3 is 5.97 Å².